The van der Waals surface area contributed by atoms with Gasteiger partial charge in [0.25, 0.3) is 0 Å². The second-order valence-electron chi connectivity index (χ2n) is 11.5. The monoisotopic (exact) mass is 545 g/mol. The molecule has 0 N–H and O–H groups in total. The third-order valence-electron chi connectivity index (χ3n) is 7.76. The molecule has 2 bridgehead atoms. The Kier molecular flexibility index (Phi) is 22.0. The molecule has 3 aliphatic rings. The quantitative estimate of drug-likeness (QED) is 0.250. The van der Waals surface area contributed by atoms with E-state index in [1.807, 2.05) is 27.7 Å². The lowest BCUT2D eigenvalue weighted by Gasteiger charge is -2.62. The van der Waals surface area contributed by atoms with E-state index in [2.05, 4.69) is 116 Å². The van der Waals surface area contributed by atoms with Crippen LogP contribution in [0.2, 0.25) is 0 Å². The second kappa shape index (κ2) is 22.2. The van der Waals surface area contributed by atoms with Gasteiger partial charge < -0.3 is 0 Å². The lowest BCUT2D eigenvalue weighted by molar-refractivity contribution is -0.0704. The fourth-order valence-corrected chi connectivity index (χ4v) is 4.94. The van der Waals surface area contributed by atoms with Crippen LogP contribution in [0.15, 0.2) is 66.8 Å². The topological polar surface area (TPSA) is 0 Å². The fraction of sp³-hybridized carbons (Fsp3) is 0.550. The third kappa shape index (κ3) is 14.2. The van der Waals surface area contributed by atoms with Crippen molar-refractivity contribution in [1.82, 2.24) is 0 Å². The zero-order chi connectivity index (χ0) is 31.3. The highest BCUT2D eigenvalue weighted by atomic mass is 14.6. The Hall–Kier alpha value is -2.52. The molecule has 0 saturated heterocycles. The van der Waals surface area contributed by atoms with E-state index in [9.17, 15) is 0 Å². The molecular weight excluding hydrogens is 480 g/mol. The highest BCUT2D eigenvalue weighted by molar-refractivity contribution is 5.39. The summed E-state index contributed by atoms with van der Waals surface area (Å²) in [5.74, 6) is 4.06. The molecule has 224 valence electrons. The van der Waals surface area contributed by atoms with Crippen LogP contribution in [-0.2, 0) is 12.8 Å². The summed E-state index contributed by atoms with van der Waals surface area (Å²) in [6, 6.07) is 15.2. The van der Waals surface area contributed by atoms with Gasteiger partial charge in [-0.25, -0.2) is 0 Å². The first kappa shape index (κ1) is 39.6. The number of aryl methyl sites for hydroxylation is 2. The Morgan fingerprint density at radius 2 is 1.43 bits per heavy atom. The summed E-state index contributed by atoms with van der Waals surface area (Å²) in [5, 5.41) is 0. The summed E-state index contributed by atoms with van der Waals surface area (Å²) < 4.78 is 0. The van der Waals surface area contributed by atoms with Crippen molar-refractivity contribution in [1.29, 1.82) is 0 Å². The van der Waals surface area contributed by atoms with Crippen LogP contribution >= 0.6 is 0 Å². The minimum absolute atomic E-state index is 0.671. The highest BCUT2D eigenvalue weighted by Crippen LogP contribution is 2.67. The van der Waals surface area contributed by atoms with Crippen molar-refractivity contribution in [3.05, 3.63) is 94.6 Å². The molecule has 40 heavy (non-hydrogen) atoms. The van der Waals surface area contributed by atoms with E-state index in [1.165, 1.54) is 72.8 Å². The predicted octanol–water partition coefficient (Wildman–Crippen LogP) is 12.6. The van der Waals surface area contributed by atoms with Crippen LogP contribution in [0, 0.1) is 37.5 Å². The average Bonchev–Trinajstić information content (AvgIpc) is 2.87. The van der Waals surface area contributed by atoms with E-state index in [0.717, 1.165) is 5.92 Å². The Morgan fingerprint density at radius 1 is 0.950 bits per heavy atom. The van der Waals surface area contributed by atoms with E-state index >= 15 is 0 Å². The zero-order valence-corrected chi connectivity index (χ0v) is 28.6. The van der Waals surface area contributed by atoms with Crippen molar-refractivity contribution in [3.63, 3.8) is 0 Å². The van der Waals surface area contributed by atoms with Gasteiger partial charge in [-0.2, -0.15) is 0 Å². The molecule has 0 unspecified atom stereocenters. The summed E-state index contributed by atoms with van der Waals surface area (Å²) >= 11 is 0. The smallest absolute Gasteiger partial charge is 0.00297 e. The number of hydrogen-bond acceptors (Lipinski definition) is 0. The predicted molar refractivity (Wildman–Crippen MR) is 185 cm³/mol. The van der Waals surface area contributed by atoms with Gasteiger partial charge in [-0.05, 0) is 125 Å². The molecule has 5 rings (SSSR count). The zero-order valence-electron chi connectivity index (χ0n) is 28.6. The van der Waals surface area contributed by atoms with Gasteiger partial charge in [0.15, 0.2) is 0 Å². The molecule has 3 saturated carbocycles. The summed E-state index contributed by atoms with van der Waals surface area (Å²) in [5.41, 5.74) is 10.8. The number of terminal acetylenes is 1. The Bertz CT molecular complexity index is 977. The summed E-state index contributed by atoms with van der Waals surface area (Å²) in [6.45, 7) is 32.7. The molecule has 0 spiro atoms. The van der Waals surface area contributed by atoms with Crippen LogP contribution in [0.5, 0.6) is 0 Å². The van der Waals surface area contributed by atoms with E-state index < -0.39 is 0 Å². The van der Waals surface area contributed by atoms with Gasteiger partial charge in [0.05, 0.1) is 0 Å². The first-order valence-electron chi connectivity index (χ1n) is 15.7. The molecule has 0 amide bonds. The number of allylic oxidation sites excluding steroid dienone is 2. The van der Waals surface area contributed by atoms with Crippen LogP contribution in [-0.4, -0.2) is 0 Å². The summed E-state index contributed by atoms with van der Waals surface area (Å²) in [6.07, 6.45) is 13.8. The first-order valence-corrected chi connectivity index (χ1v) is 15.7. The molecule has 0 nitrogen and oxygen atoms in total. The van der Waals surface area contributed by atoms with Gasteiger partial charge in [0, 0.05) is 0 Å². The van der Waals surface area contributed by atoms with Crippen LogP contribution in [0.4, 0.5) is 0 Å². The van der Waals surface area contributed by atoms with Gasteiger partial charge in [-0.15, -0.1) is 18.9 Å². The molecule has 1 atom stereocenters. The van der Waals surface area contributed by atoms with E-state index in [4.69, 9.17) is 0 Å². The van der Waals surface area contributed by atoms with Crippen molar-refractivity contribution in [2.75, 3.05) is 0 Å². The molecule has 0 radical (unpaired) electrons. The SMILES string of the molecule is C#CC.C=C(C)C.C=C(C)C12CC(C1)C2.CC.CCCc1ccc(C)c(C)c1CC.CC[C@H](C)c1ccccc1. The van der Waals surface area contributed by atoms with Gasteiger partial charge >= 0.3 is 0 Å². The first-order chi connectivity index (χ1) is 18.9. The van der Waals surface area contributed by atoms with Gasteiger partial charge in [0.1, 0.15) is 0 Å². The number of hydrogen-bond donors (Lipinski definition) is 0. The van der Waals surface area contributed by atoms with Crippen molar-refractivity contribution in [3.8, 4) is 12.3 Å². The largest absolute Gasteiger partial charge is 0.120 e. The Morgan fingerprint density at radius 3 is 1.73 bits per heavy atom. The maximum atomic E-state index is 4.60. The van der Waals surface area contributed by atoms with Crippen molar-refractivity contribution in [2.45, 2.75) is 134 Å². The number of rotatable bonds is 6. The lowest BCUT2D eigenvalue weighted by atomic mass is 9.42. The van der Waals surface area contributed by atoms with Crippen LogP contribution in [0.3, 0.4) is 0 Å². The molecule has 3 aliphatic carbocycles. The van der Waals surface area contributed by atoms with E-state index in [-0.39, 0.29) is 0 Å². The molecule has 2 aromatic rings. The van der Waals surface area contributed by atoms with Crippen LogP contribution in [0.25, 0.3) is 0 Å². The molecule has 0 heteroatoms. The third-order valence-corrected chi connectivity index (χ3v) is 7.76. The molecule has 0 aromatic heterocycles. The normalized spacial score (nSPS) is 17.5. The Labute approximate surface area is 251 Å². The van der Waals surface area contributed by atoms with E-state index in [0.29, 0.717) is 11.3 Å². The Balaban J connectivity index is 0. The minimum atomic E-state index is 0.671. The maximum absolute atomic E-state index is 4.60. The fourth-order valence-electron chi connectivity index (χ4n) is 4.94. The second-order valence-corrected chi connectivity index (χ2v) is 11.5. The summed E-state index contributed by atoms with van der Waals surface area (Å²) in [7, 11) is 0. The maximum Gasteiger partial charge on any atom is -0.00297 e. The molecule has 0 aliphatic heterocycles. The van der Waals surface area contributed by atoms with Crippen molar-refractivity contribution < 1.29 is 0 Å². The van der Waals surface area contributed by atoms with Gasteiger partial charge in [-0.1, -0.05) is 108 Å². The standard InChI is InChI=1S/C13H20.C10H14.C8H12.C4H8.C3H4.C2H6/c1-5-7-12-9-8-10(3)11(4)13(12)6-2;1-3-9(2)10-7-5-4-6-8-10;1-6(2)8-3-7(4-8)5-8;1-4(2)3;1-3-2;1-2/h8-9H,5-7H2,1-4H3;4-9H,3H2,1-2H3;7H,1,3-5H2,2H3;1H2,2-3H3;1H,2H3;1-2H3/t;9-;;;;/m.0..../s1. The van der Waals surface area contributed by atoms with Crippen molar-refractivity contribution in [2.24, 2.45) is 11.3 Å². The molecular formula is C40H64. The van der Waals surface area contributed by atoms with Gasteiger partial charge in [0.2, 0.25) is 0 Å². The summed E-state index contributed by atoms with van der Waals surface area (Å²) in [4.78, 5) is 0. The number of benzene rings is 2. The lowest BCUT2D eigenvalue weighted by Crippen LogP contribution is -2.52. The molecule has 3 fully saturated rings. The van der Waals surface area contributed by atoms with Crippen molar-refractivity contribution >= 4 is 0 Å². The van der Waals surface area contributed by atoms with Crippen LogP contribution < -0.4 is 0 Å². The van der Waals surface area contributed by atoms with E-state index in [1.54, 1.807) is 18.1 Å². The molecule has 2 aromatic carbocycles. The van der Waals surface area contributed by atoms with Gasteiger partial charge in [-0.3, -0.25) is 0 Å². The van der Waals surface area contributed by atoms with Crippen LogP contribution in [0.1, 0.15) is 135 Å². The molecule has 0 heterocycles. The highest BCUT2D eigenvalue weighted by Gasteiger charge is 2.56. The average molecular weight is 545 g/mol. The minimum Gasteiger partial charge on any atom is -0.120 e.